The van der Waals surface area contributed by atoms with Gasteiger partial charge in [-0.1, -0.05) is 24.8 Å². The number of hydrogen-bond acceptors (Lipinski definition) is 3. The normalized spacial score (nSPS) is 11.6. The number of aliphatic imine (C=N–C) groups is 1. The second kappa shape index (κ2) is 8.17. The van der Waals surface area contributed by atoms with E-state index >= 15 is 0 Å². The van der Waals surface area contributed by atoms with Crippen molar-refractivity contribution in [3.63, 3.8) is 0 Å². The third-order valence-electron chi connectivity index (χ3n) is 2.48. The van der Waals surface area contributed by atoms with Gasteiger partial charge in [-0.2, -0.15) is 0 Å². The van der Waals surface area contributed by atoms with Crippen LogP contribution in [0.3, 0.4) is 0 Å². The van der Waals surface area contributed by atoms with Gasteiger partial charge in [-0.25, -0.2) is 0 Å². The second-order valence-electron chi connectivity index (χ2n) is 4.04. The summed E-state index contributed by atoms with van der Waals surface area (Å²) in [7, 11) is 1.63. The summed E-state index contributed by atoms with van der Waals surface area (Å²) >= 11 is 3.59. The predicted octanol–water partition coefficient (Wildman–Crippen LogP) is 3.61. The average molecular weight is 287 g/mol. The van der Waals surface area contributed by atoms with Gasteiger partial charge < -0.3 is 4.74 Å². The van der Waals surface area contributed by atoms with Crippen LogP contribution >= 0.6 is 12.6 Å². The maximum Gasteiger partial charge on any atom is 0.210 e. The molecular formula is C16H17NO2S. The van der Waals surface area contributed by atoms with Gasteiger partial charge in [0.05, 0.1) is 7.11 Å². The van der Waals surface area contributed by atoms with Crippen molar-refractivity contribution >= 4 is 29.5 Å². The summed E-state index contributed by atoms with van der Waals surface area (Å²) in [5.41, 5.74) is 2.89. The lowest BCUT2D eigenvalue weighted by molar-refractivity contribution is -0.106. The summed E-state index contributed by atoms with van der Waals surface area (Å²) in [6.45, 7) is 6.00. The summed E-state index contributed by atoms with van der Waals surface area (Å²) in [5, 5.41) is -0.333. The first-order chi connectivity index (χ1) is 9.54. The standard InChI is InChI=1S/C16H17NO2S/c1-12-6-7-14(15(11-12)19-3)13(2)5-4-9-17-10-8-16(18)20/h4-11H,2H2,1,3H3,(H,18,20)/b5-4-,10-8+,17-9-. The Morgan fingerprint density at radius 1 is 1.40 bits per heavy atom. The van der Waals surface area contributed by atoms with E-state index in [0.717, 1.165) is 22.4 Å². The Hall–Kier alpha value is -2.07. The summed E-state index contributed by atoms with van der Waals surface area (Å²) in [4.78, 5) is 14.4. The minimum atomic E-state index is -0.333. The SMILES string of the molecule is C=C(\C=C/C=N\C=C\C(=O)S)c1ccc(C)cc1OC. The first-order valence-corrected chi connectivity index (χ1v) is 6.42. The number of rotatable bonds is 6. The molecule has 0 heterocycles. The monoisotopic (exact) mass is 287 g/mol. The molecule has 0 saturated heterocycles. The average Bonchev–Trinajstić information content (AvgIpc) is 2.41. The molecule has 0 aromatic heterocycles. The Kier molecular flexibility index (Phi) is 6.53. The zero-order valence-corrected chi connectivity index (χ0v) is 12.4. The number of allylic oxidation sites excluding steroid dienone is 3. The Bertz CT molecular complexity index is 586. The predicted molar refractivity (Wildman–Crippen MR) is 87.5 cm³/mol. The van der Waals surface area contributed by atoms with E-state index in [-0.39, 0.29) is 5.12 Å². The molecule has 104 valence electrons. The third-order valence-corrected chi connectivity index (χ3v) is 2.62. The van der Waals surface area contributed by atoms with E-state index < -0.39 is 0 Å². The molecule has 0 spiro atoms. The lowest BCUT2D eigenvalue weighted by Gasteiger charge is -2.09. The minimum Gasteiger partial charge on any atom is -0.496 e. The molecule has 0 saturated carbocycles. The molecule has 20 heavy (non-hydrogen) atoms. The third kappa shape index (κ3) is 5.28. The van der Waals surface area contributed by atoms with Crippen molar-refractivity contribution in [1.82, 2.24) is 0 Å². The van der Waals surface area contributed by atoms with E-state index in [4.69, 9.17) is 4.74 Å². The topological polar surface area (TPSA) is 38.7 Å². The fourth-order valence-electron chi connectivity index (χ4n) is 1.52. The number of benzene rings is 1. The van der Waals surface area contributed by atoms with Gasteiger partial charge in [-0.15, -0.1) is 12.6 Å². The molecule has 0 atom stereocenters. The lowest BCUT2D eigenvalue weighted by atomic mass is 10.0. The second-order valence-corrected chi connectivity index (χ2v) is 4.48. The fraction of sp³-hybridized carbons (Fsp3) is 0.125. The van der Waals surface area contributed by atoms with Gasteiger partial charge in [0.15, 0.2) is 0 Å². The van der Waals surface area contributed by atoms with E-state index in [9.17, 15) is 4.79 Å². The maximum absolute atomic E-state index is 10.5. The van der Waals surface area contributed by atoms with Crippen LogP contribution in [0.4, 0.5) is 0 Å². The smallest absolute Gasteiger partial charge is 0.210 e. The highest BCUT2D eigenvalue weighted by Crippen LogP contribution is 2.26. The molecule has 1 aromatic rings. The number of carbonyl (C=O) groups is 1. The number of carbonyl (C=O) groups excluding carboxylic acids is 1. The lowest BCUT2D eigenvalue weighted by Crippen LogP contribution is -1.90. The van der Waals surface area contributed by atoms with Crippen LogP contribution in [0, 0.1) is 6.92 Å². The van der Waals surface area contributed by atoms with Crippen LogP contribution in [-0.4, -0.2) is 18.4 Å². The number of aryl methyl sites for hydroxylation is 1. The van der Waals surface area contributed by atoms with Gasteiger partial charge >= 0.3 is 0 Å². The van der Waals surface area contributed by atoms with Crippen LogP contribution in [0.2, 0.25) is 0 Å². The zero-order valence-electron chi connectivity index (χ0n) is 11.5. The molecule has 3 nitrogen and oxygen atoms in total. The summed E-state index contributed by atoms with van der Waals surface area (Å²) < 4.78 is 5.33. The Morgan fingerprint density at radius 2 is 2.15 bits per heavy atom. The molecule has 1 aromatic carbocycles. The maximum atomic E-state index is 10.5. The van der Waals surface area contributed by atoms with Gasteiger partial charge in [-0.05, 0) is 30.2 Å². The number of ether oxygens (including phenoxy) is 1. The minimum absolute atomic E-state index is 0.333. The van der Waals surface area contributed by atoms with Crippen molar-refractivity contribution < 1.29 is 9.53 Å². The molecule has 0 N–H and O–H groups in total. The Balaban J connectivity index is 2.74. The van der Waals surface area contributed by atoms with Crippen molar-refractivity contribution in [2.45, 2.75) is 6.92 Å². The van der Waals surface area contributed by atoms with Gasteiger partial charge in [0.2, 0.25) is 5.12 Å². The molecule has 0 amide bonds. The van der Waals surface area contributed by atoms with Gasteiger partial charge in [0.25, 0.3) is 0 Å². The van der Waals surface area contributed by atoms with E-state index in [1.165, 1.54) is 12.3 Å². The van der Waals surface area contributed by atoms with Crippen LogP contribution in [-0.2, 0) is 4.79 Å². The van der Waals surface area contributed by atoms with Crippen molar-refractivity contribution in [3.05, 3.63) is 60.3 Å². The van der Waals surface area contributed by atoms with E-state index in [0.29, 0.717) is 0 Å². The van der Waals surface area contributed by atoms with Crippen molar-refractivity contribution in [2.75, 3.05) is 7.11 Å². The molecule has 0 bridgehead atoms. The largest absolute Gasteiger partial charge is 0.496 e. The Morgan fingerprint density at radius 3 is 2.80 bits per heavy atom. The number of methoxy groups -OCH3 is 1. The molecule has 0 aliphatic heterocycles. The van der Waals surface area contributed by atoms with Crippen molar-refractivity contribution in [3.8, 4) is 5.75 Å². The number of hydrogen-bond donors (Lipinski definition) is 1. The van der Waals surface area contributed by atoms with E-state index in [1.54, 1.807) is 19.4 Å². The number of thiol groups is 1. The van der Waals surface area contributed by atoms with E-state index in [2.05, 4.69) is 24.2 Å². The summed E-state index contributed by atoms with van der Waals surface area (Å²) in [6.07, 6.45) is 7.79. The Labute approximate surface area is 124 Å². The zero-order chi connectivity index (χ0) is 15.0. The molecule has 4 heteroatoms. The van der Waals surface area contributed by atoms with Gasteiger partial charge in [0.1, 0.15) is 5.75 Å². The highest BCUT2D eigenvalue weighted by molar-refractivity contribution is 7.97. The van der Waals surface area contributed by atoms with Gasteiger partial charge in [0, 0.05) is 24.1 Å². The molecule has 0 aliphatic rings. The van der Waals surface area contributed by atoms with Crippen LogP contribution in [0.1, 0.15) is 11.1 Å². The van der Waals surface area contributed by atoms with Crippen LogP contribution in [0.25, 0.3) is 5.57 Å². The highest BCUT2D eigenvalue weighted by Gasteiger charge is 2.04. The highest BCUT2D eigenvalue weighted by atomic mass is 32.1. The quantitative estimate of drug-likeness (QED) is 0.376. The fourth-order valence-corrected chi connectivity index (χ4v) is 1.59. The van der Waals surface area contributed by atoms with Crippen LogP contribution in [0.5, 0.6) is 5.75 Å². The van der Waals surface area contributed by atoms with Crippen LogP contribution < -0.4 is 4.74 Å². The molecule has 0 unspecified atom stereocenters. The summed E-state index contributed by atoms with van der Waals surface area (Å²) in [6, 6.07) is 5.94. The molecule has 1 rings (SSSR count). The molecule has 0 aliphatic carbocycles. The van der Waals surface area contributed by atoms with Gasteiger partial charge in [-0.3, -0.25) is 9.79 Å². The molecule has 0 radical (unpaired) electrons. The molecular weight excluding hydrogens is 270 g/mol. The van der Waals surface area contributed by atoms with Crippen molar-refractivity contribution in [2.24, 2.45) is 4.99 Å². The van der Waals surface area contributed by atoms with Crippen molar-refractivity contribution in [1.29, 1.82) is 0 Å². The first kappa shape index (κ1) is 16.0. The number of nitrogens with zero attached hydrogens (tertiary/aromatic N) is 1. The molecule has 0 fully saturated rings. The first-order valence-electron chi connectivity index (χ1n) is 5.98. The van der Waals surface area contributed by atoms with E-state index in [1.807, 2.05) is 31.2 Å². The van der Waals surface area contributed by atoms with Crippen LogP contribution in [0.15, 0.2) is 54.2 Å². The summed E-state index contributed by atoms with van der Waals surface area (Å²) in [5.74, 6) is 0.789.